The van der Waals surface area contributed by atoms with E-state index in [0.29, 0.717) is 17.8 Å². The number of hydrogen-bond acceptors (Lipinski definition) is 5. The smallest absolute Gasteiger partial charge is 0.233 e. The molecule has 1 fully saturated rings. The minimum atomic E-state index is 0.171. The Labute approximate surface area is 181 Å². The van der Waals surface area contributed by atoms with Crippen LogP contribution in [0.25, 0.3) is 17.1 Å². The van der Waals surface area contributed by atoms with Crippen molar-refractivity contribution < 1.29 is 4.79 Å². The highest BCUT2D eigenvalue weighted by Gasteiger charge is 2.29. The Hall–Kier alpha value is -2.67. The molecule has 2 unspecified atom stereocenters. The van der Waals surface area contributed by atoms with E-state index in [-0.39, 0.29) is 5.91 Å². The molecule has 6 nitrogen and oxygen atoms in total. The van der Waals surface area contributed by atoms with Crippen molar-refractivity contribution in [2.24, 2.45) is 0 Å². The summed E-state index contributed by atoms with van der Waals surface area (Å²) in [7, 11) is 0. The van der Waals surface area contributed by atoms with Crippen LogP contribution in [0.1, 0.15) is 38.7 Å². The number of carbonyl (C=O) groups excluding carboxylic acids is 1. The number of benzene rings is 1. The molecule has 1 aliphatic rings. The molecule has 0 spiro atoms. The van der Waals surface area contributed by atoms with E-state index in [1.807, 2.05) is 28.8 Å². The maximum atomic E-state index is 13.0. The zero-order valence-electron chi connectivity index (χ0n) is 17.7. The van der Waals surface area contributed by atoms with Crippen molar-refractivity contribution in [1.82, 2.24) is 24.6 Å². The number of rotatable bonds is 5. The molecule has 0 bridgehead atoms. The van der Waals surface area contributed by atoms with E-state index in [0.717, 1.165) is 40.6 Å². The summed E-state index contributed by atoms with van der Waals surface area (Å²) in [6, 6.07) is 12.6. The molecule has 7 heteroatoms. The fourth-order valence-electron chi connectivity index (χ4n) is 4.20. The largest absolute Gasteiger partial charge is 0.337 e. The van der Waals surface area contributed by atoms with E-state index >= 15 is 0 Å². The second-order valence-electron chi connectivity index (χ2n) is 7.88. The first kappa shape index (κ1) is 20.6. The van der Waals surface area contributed by atoms with E-state index in [9.17, 15) is 4.79 Å². The molecular formula is C23H27N5OS. The van der Waals surface area contributed by atoms with Crippen LogP contribution in [0, 0.1) is 6.92 Å². The van der Waals surface area contributed by atoms with Gasteiger partial charge in [0.25, 0.3) is 0 Å². The molecule has 0 aliphatic carbocycles. The second-order valence-corrected chi connectivity index (χ2v) is 8.83. The molecule has 3 aromatic rings. The molecule has 4 rings (SSSR count). The number of likely N-dealkylation sites (tertiary alicyclic amines) is 1. The standard InChI is InChI=1S/C23H27N5OS/c1-16-7-4-5-10-20(16)28-22(19-11-13-24-14-12-19)25-26-23(28)30-15-21(29)27-17(2)8-6-9-18(27)3/h4-5,7,10-14,17-18H,6,8-9,15H2,1-3H3. The molecular weight excluding hydrogens is 394 g/mol. The van der Waals surface area contributed by atoms with Gasteiger partial charge in [0.1, 0.15) is 0 Å². The molecule has 0 radical (unpaired) electrons. The summed E-state index contributed by atoms with van der Waals surface area (Å²) in [6.45, 7) is 6.37. The summed E-state index contributed by atoms with van der Waals surface area (Å²) in [6.07, 6.45) is 6.85. The Bertz CT molecular complexity index is 1010. The Morgan fingerprint density at radius 1 is 1.07 bits per heavy atom. The number of thioether (sulfide) groups is 1. The highest BCUT2D eigenvalue weighted by Crippen LogP contribution is 2.30. The summed E-state index contributed by atoms with van der Waals surface area (Å²) in [4.78, 5) is 19.2. The molecule has 1 aliphatic heterocycles. The predicted molar refractivity (Wildman–Crippen MR) is 120 cm³/mol. The van der Waals surface area contributed by atoms with Crippen molar-refractivity contribution >= 4 is 17.7 Å². The first-order valence-corrected chi connectivity index (χ1v) is 11.4. The molecule has 1 amide bonds. The third kappa shape index (κ3) is 4.12. The van der Waals surface area contributed by atoms with Crippen LogP contribution in [0.15, 0.2) is 53.9 Å². The lowest BCUT2D eigenvalue weighted by Gasteiger charge is -2.39. The number of nitrogens with zero attached hydrogens (tertiary/aromatic N) is 5. The van der Waals surface area contributed by atoms with Gasteiger partial charge in [-0.15, -0.1) is 10.2 Å². The van der Waals surface area contributed by atoms with Gasteiger partial charge in [0.2, 0.25) is 5.91 Å². The third-order valence-electron chi connectivity index (χ3n) is 5.73. The van der Waals surface area contributed by atoms with Crippen molar-refractivity contribution in [3.05, 3.63) is 54.4 Å². The molecule has 156 valence electrons. The van der Waals surface area contributed by atoms with Crippen molar-refractivity contribution in [2.45, 2.75) is 57.3 Å². The lowest BCUT2D eigenvalue weighted by molar-refractivity contribution is -0.134. The predicted octanol–water partition coefficient (Wildman–Crippen LogP) is 4.52. The highest BCUT2D eigenvalue weighted by molar-refractivity contribution is 7.99. The monoisotopic (exact) mass is 421 g/mol. The minimum absolute atomic E-state index is 0.171. The van der Waals surface area contributed by atoms with Crippen molar-refractivity contribution in [1.29, 1.82) is 0 Å². The first-order valence-electron chi connectivity index (χ1n) is 10.4. The van der Waals surface area contributed by atoms with Crippen molar-refractivity contribution in [3.8, 4) is 17.1 Å². The van der Waals surface area contributed by atoms with Gasteiger partial charge < -0.3 is 4.90 Å². The number of piperidine rings is 1. The molecule has 3 heterocycles. The lowest BCUT2D eigenvalue weighted by Crippen LogP contribution is -2.48. The van der Waals surface area contributed by atoms with Crippen molar-refractivity contribution in [3.63, 3.8) is 0 Å². The zero-order chi connectivity index (χ0) is 21.1. The zero-order valence-corrected chi connectivity index (χ0v) is 18.5. The number of pyridine rings is 1. The summed E-state index contributed by atoms with van der Waals surface area (Å²) in [5.41, 5.74) is 3.08. The van der Waals surface area contributed by atoms with E-state index < -0.39 is 0 Å². The Kier molecular flexibility index (Phi) is 6.18. The van der Waals surface area contributed by atoms with Gasteiger partial charge in [-0.05, 0) is 63.8 Å². The van der Waals surface area contributed by atoms with E-state index in [1.165, 1.54) is 18.2 Å². The van der Waals surface area contributed by atoms with Crippen LogP contribution in [-0.4, -0.2) is 48.4 Å². The summed E-state index contributed by atoms with van der Waals surface area (Å²) in [5, 5.41) is 9.64. The molecule has 1 saturated heterocycles. The lowest BCUT2D eigenvalue weighted by atomic mass is 9.98. The van der Waals surface area contributed by atoms with Gasteiger partial charge in [-0.3, -0.25) is 14.3 Å². The van der Waals surface area contributed by atoms with Crippen LogP contribution in [0.3, 0.4) is 0 Å². The van der Waals surface area contributed by atoms with Gasteiger partial charge in [-0.2, -0.15) is 0 Å². The number of amides is 1. The van der Waals surface area contributed by atoms with Gasteiger partial charge in [-0.1, -0.05) is 30.0 Å². The van der Waals surface area contributed by atoms with Crippen LogP contribution in [0.4, 0.5) is 0 Å². The van der Waals surface area contributed by atoms with Gasteiger partial charge in [-0.25, -0.2) is 0 Å². The van der Waals surface area contributed by atoms with Crippen LogP contribution in [0.5, 0.6) is 0 Å². The quantitative estimate of drug-likeness (QED) is 0.567. The minimum Gasteiger partial charge on any atom is -0.337 e. The number of para-hydroxylation sites is 1. The van der Waals surface area contributed by atoms with Gasteiger partial charge in [0.15, 0.2) is 11.0 Å². The summed E-state index contributed by atoms with van der Waals surface area (Å²) in [5.74, 6) is 1.28. The second kappa shape index (κ2) is 9.00. The van der Waals surface area contributed by atoms with E-state index in [1.54, 1.807) is 12.4 Å². The van der Waals surface area contributed by atoms with Gasteiger partial charge in [0, 0.05) is 30.0 Å². The number of aromatic nitrogens is 4. The van der Waals surface area contributed by atoms with Gasteiger partial charge >= 0.3 is 0 Å². The molecule has 0 saturated carbocycles. The van der Waals surface area contributed by atoms with E-state index in [2.05, 4.69) is 53.0 Å². The maximum absolute atomic E-state index is 13.0. The van der Waals surface area contributed by atoms with E-state index in [4.69, 9.17) is 0 Å². The van der Waals surface area contributed by atoms with Gasteiger partial charge in [0.05, 0.1) is 11.4 Å². The molecule has 2 aromatic heterocycles. The fourth-order valence-corrected chi connectivity index (χ4v) is 5.01. The molecule has 0 N–H and O–H groups in total. The topological polar surface area (TPSA) is 63.9 Å². The third-order valence-corrected chi connectivity index (χ3v) is 6.65. The Morgan fingerprint density at radius 2 is 1.77 bits per heavy atom. The van der Waals surface area contributed by atoms with Crippen LogP contribution >= 0.6 is 11.8 Å². The number of carbonyl (C=O) groups is 1. The SMILES string of the molecule is Cc1ccccc1-n1c(SCC(=O)N2C(C)CCCC2C)nnc1-c1ccncc1. The molecule has 30 heavy (non-hydrogen) atoms. The van der Waals surface area contributed by atoms with Crippen LogP contribution in [-0.2, 0) is 4.79 Å². The Balaban J connectivity index is 1.65. The molecule has 2 atom stereocenters. The maximum Gasteiger partial charge on any atom is 0.233 e. The average Bonchev–Trinajstić information content (AvgIpc) is 3.17. The average molecular weight is 422 g/mol. The van der Waals surface area contributed by atoms with Crippen molar-refractivity contribution in [2.75, 3.05) is 5.75 Å². The first-order chi connectivity index (χ1) is 14.6. The Morgan fingerprint density at radius 3 is 2.47 bits per heavy atom. The normalized spacial score (nSPS) is 19.1. The molecule has 1 aromatic carbocycles. The van der Waals surface area contributed by atoms with Crippen LogP contribution < -0.4 is 0 Å². The van der Waals surface area contributed by atoms with Crippen LogP contribution in [0.2, 0.25) is 0 Å². The summed E-state index contributed by atoms with van der Waals surface area (Å²) >= 11 is 1.45. The summed E-state index contributed by atoms with van der Waals surface area (Å²) < 4.78 is 2.05. The highest BCUT2D eigenvalue weighted by atomic mass is 32.2. The fraction of sp³-hybridized carbons (Fsp3) is 0.391. The number of aryl methyl sites for hydroxylation is 1. The number of hydrogen-bond donors (Lipinski definition) is 0.